The zero-order chi connectivity index (χ0) is 31.7. The summed E-state index contributed by atoms with van der Waals surface area (Å²) in [6, 6.07) is 29.8. The van der Waals surface area contributed by atoms with Crippen molar-refractivity contribution in [2.45, 2.75) is 78.5 Å². The topological polar surface area (TPSA) is 87.7 Å². The fourth-order valence-electron chi connectivity index (χ4n) is 5.44. The minimum atomic E-state index is -1.91. The molecule has 1 amide bonds. The van der Waals surface area contributed by atoms with Crippen molar-refractivity contribution in [2.24, 2.45) is 0 Å². The minimum absolute atomic E-state index is 0.0381. The number of benzene rings is 4. The molecule has 4 aromatic rings. The maximum atomic E-state index is 13.6. The SMILES string of the molecule is CCCc1ccc(C(Nc2ccc(C(=O)NC(CC)(Oc3ccccc3)C(=O)O)c(C)c2C)c2ccc(CCC)cc2)cc1. The summed E-state index contributed by atoms with van der Waals surface area (Å²) >= 11 is 0. The number of amides is 1. The third-order valence-electron chi connectivity index (χ3n) is 8.23. The van der Waals surface area contributed by atoms with Crippen molar-refractivity contribution in [3.63, 3.8) is 0 Å². The van der Waals surface area contributed by atoms with Crippen LogP contribution in [0.15, 0.2) is 91.0 Å². The molecule has 1 atom stereocenters. The Hall–Kier alpha value is -4.58. The van der Waals surface area contributed by atoms with Crippen LogP contribution in [0.2, 0.25) is 0 Å². The summed E-state index contributed by atoms with van der Waals surface area (Å²) in [5.74, 6) is -1.41. The fraction of sp³-hybridized carbons (Fsp3) is 0.316. The number of para-hydroxylation sites is 1. The molecule has 0 saturated heterocycles. The molecular formula is C38H44N2O4. The first-order valence-corrected chi connectivity index (χ1v) is 15.6. The molecule has 0 bridgehead atoms. The first-order chi connectivity index (χ1) is 21.2. The van der Waals surface area contributed by atoms with Crippen LogP contribution in [0.3, 0.4) is 0 Å². The van der Waals surface area contributed by atoms with E-state index >= 15 is 0 Å². The molecule has 0 saturated carbocycles. The Bertz CT molecular complexity index is 1500. The van der Waals surface area contributed by atoms with Crippen molar-refractivity contribution < 1.29 is 19.4 Å². The van der Waals surface area contributed by atoms with Gasteiger partial charge in [0.25, 0.3) is 11.6 Å². The molecule has 0 fully saturated rings. The molecular weight excluding hydrogens is 548 g/mol. The molecule has 0 radical (unpaired) electrons. The van der Waals surface area contributed by atoms with Gasteiger partial charge in [-0.15, -0.1) is 0 Å². The number of anilines is 1. The molecule has 0 aliphatic carbocycles. The van der Waals surface area contributed by atoms with Crippen molar-refractivity contribution in [1.29, 1.82) is 0 Å². The van der Waals surface area contributed by atoms with Gasteiger partial charge in [0.1, 0.15) is 5.75 Å². The Morgan fingerprint density at radius 1 is 0.750 bits per heavy atom. The van der Waals surface area contributed by atoms with E-state index in [1.807, 2.05) is 26.0 Å². The largest absolute Gasteiger partial charge is 0.477 e. The van der Waals surface area contributed by atoms with E-state index in [4.69, 9.17) is 4.74 Å². The highest BCUT2D eigenvalue weighted by Gasteiger charge is 2.41. The number of carboxylic acids is 1. The highest BCUT2D eigenvalue weighted by molar-refractivity contribution is 5.99. The Balaban J connectivity index is 1.64. The van der Waals surface area contributed by atoms with E-state index in [1.54, 1.807) is 37.3 Å². The van der Waals surface area contributed by atoms with Crippen molar-refractivity contribution in [1.82, 2.24) is 5.32 Å². The van der Waals surface area contributed by atoms with Crippen LogP contribution < -0.4 is 15.4 Å². The monoisotopic (exact) mass is 592 g/mol. The summed E-state index contributed by atoms with van der Waals surface area (Å²) in [6.45, 7) is 9.91. The summed E-state index contributed by atoms with van der Waals surface area (Å²) in [5.41, 5.74) is 6.00. The number of ether oxygens (including phenoxy) is 1. The number of hydrogen-bond acceptors (Lipinski definition) is 4. The van der Waals surface area contributed by atoms with Gasteiger partial charge in [-0.05, 0) is 84.3 Å². The predicted octanol–water partition coefficient (Wildman–Crippen LogP) is 8.41. The van der Waals surface area contributed by atoms with Crippen LogP contribution in [-0.2, 0) is 17.6 Å². The second-order valence-corrected chi connectivity index (χ2v) is 11.3. The number of nitrogens with one attached hydrogen (secondary N) is 2. The van der Waals surface area contributed by atoms with Crippen LogP contribution in [0.1, 0.15) is 89.8 Å². The Morgan fingerprint density at radius 2 is 1.30 bits per heavy atom. The zero-order valence-corrected chi connectivity index (χ0v) is 26.4. The zero-order valence-electron chi connectivity index (χ0n) is 26.4. The molecule has 4 rings (SSSR count). The lowest BCUT2D eigenvalue weighted by Crippen LogP contribution is -2.58. The second kappa shape index (κ2) is 14.7. The van der Waals surface area contributed by atoms with Gasteiger partial charge < -0.3 is 20.5 Å². The average Bonchev–Trinajstić information content (AvgIpc) is 3.03. The molecule has 0 aliphatic heterocycles. The summed E-state index contributed by atoms with van der Waals surface area (Å²) < 4.78 is 5.85. The van der Waals surface area contributed by atoms with Crippen LogP contribution in [0.25, 0.3) is 0 Å². The third-order valence-corrected chi connectivity index (χ3v) is 8.23. The van der Waals surface area contributed by atoms with E-state index in [1.165, 1.54) is 11.1 Å². The molecule has 3 N–H and O–H groups in total. The standard InChI is InChI=1S/C38H44N2O4/c1-6-12-28-16-20-30(21-17-28)35(31-22-18-29(13-7-2)19-23-31)39-34-25-24-33(26(4)27(34)5)36(41)40-38(8-3,37(42)43)44-32-14-10-9-11-15-32/h9-11,14-25,35,39H,6-8,12-13H2,1-5H3,(H,40,41)(H,42,43). The van der Waals surface area contributed by atoms with E-state index in [0.29, 0.717) is 11.3 Å². The van der Waals surface area contributed by atoms with E-state index in [2.05, 4.69) is 73.0 Å². The van der Waals surface area contributed by atoms with Gasteiger partial charge in [0, 0.05) is 17.7 Å². The first kappa shape index (κ1) is 32.3. The number of rotatable bonds is 14. The van der Waals surface area contributed by atoms with Crippen molar-refractivity contribution >= 4 is 17.6 Å². The van der Waals surface area contributed by atoms with Crippen LogP contribution in [0.4, 0.5) is 5.69 Å². The smallest absolute Gasteiger partial charge is 0.370 e. The molecule has 0 aromatic heterocycles. The Labute approximate surface area is 261 Å². The number of carbonyl (C=O) groups excluding carboxylic acids is 1. The van der Waals surface area contributed by atoms with Crippen molar-refractivity contribution in [3.05, 3.63) is 130 Å². The van der Waals surface area contributed by atoms with Gasteiger partial charge >= 0.3 is 5.97 Å². The maximum absolute atomic E-state index is 13.6. The van der Waals surface area contributed by atoms with Gasteiger partial charge in [0.05, 0.1) is 6.04 Å². The Morgan fingerprint density at radius 3 is 1.77 bits per heavy atom. The van der Waals surface area contributed by atoms with E-state index in [9.17, 15) is 14.7 Å². The Kier molecular flexibility index (Phi) is 10.8. The summed E-state index contributed by atoms with van der Waals surface area (Å²) in [5, 5.41) is 16.5. The molecule has 44 heavy (non-hydrogen) atoms. The predicted molar refractivity (Wildman–Crippen MR) is 177 cm³/mol. The van der Waals surface area contributed by atoms with Gasteiger partial charge in [0.15, 0.2) is 0 Å². The van der Waals surface area contributed by atoms with Gasteiger partial charge in [-0.3, -0.25) is 4.79 Å². The van der Waals surface area contributed by atoms with Gasteiger partial charge in [0.2, 0.25) is 0 Å². The molecule has 0 spiro atoms. The van der Waals surface area contributed by atoms with E-state index in [-0.39, 0.29) is 12.5 Å². The van der Waals surface area contributed by atoms with Crippen LogP contribution in [0, 0.1) is 13.8 Å². The molecule has 1 unspecified atom stereocenters. The quantitative estimate of drug-likeness (QED) is 0.128. The van der Waals surface area contributed by atoms with Crippen LogP contribution in [0.5, 0.6) is 5.75 Å². The normalized spacial score (nSPS) is 12.4. The number of hydrogen-bond donors (Lipinski definition) is 3. The second-order valence-electron chi connectivity index (χ2n) is 11.3. The first-order valence-electron chi connectivity index (χ1n) is 15.6. The lowest BCUT2D eigenvalue weighted by molar-refractivity contribution is -0.158. The van der Waals surface area contributed by atoms with Gasteiger partial charge in [-0.1, -0.05) is 100 Å². The number of carboxylic acid groups (broad SMARTS) is 1. The highest BCUT2D eigenvalue weighted by atomic mass is 16.5. The molecule has 0 aliphatic rings. The number of aliphatic carboxylic acids is 1. The minimum Gasteiger partial charge on any atom is -0.477 e. The van der Waals surface area contributed by atoms with Crippen molar-refractivity contribution in [2.75, 3.05) is 5.32 Å². The van der Waals surface area contributed by atoms with Gasteiger partial charge in [-0.2, -0.15) is 0 Å². The summed E-state index contributed by atoms with van der Waals surface area (Å²) in [4.78, 5) is 25.9. The third kappa shape index (κ3) is 7.49. The molecule has 6 nitrogen and oxygen atoms in total. The molecule has 6 heteroatoms. The van der Waals surface area contributed by atoms with Crippen LogP contribution in [-0.4, -0.2) is 22.7 Å². The number of aryl methyl sites for hydroxylation is 2. The maximum Gasteiger partial charge on any atom is 0.370 e. The average molecular weight is 593 g/mol. The molecule has 0 heterocycles. The fourth-order valence-corrected chi connectivity index (χ4v) is 5.44. The van der Waals surface area contributed by atoms with Crippen LogP contribution >= 0.6 is 0 Å². The van der Waals surface area contributed by atoms with E-state index in [0.717, 1.165) is 53.6 Å². The van der Waals surface area contributed by atoms with Gasteiger partial charge in [-0.25, -0.2) is 4.79 Å². The summed E-state index contributed by atoms with van der Waals surface area (Å²) in [7, 11) is 0. The lowest BCUT2D eigenvalue weighted by Gasteiger charge is -2.30. The lowest BCUT2D eigenvalue weighted by atomic mass is 9.94. The molecule has 230 valence electrons. The highest BCUT2D eigenvalue weighted by Crippen LogP contribution is 2.32. The van der Waals surface area contributed by atoms with E-state index < -0.39 is 17.6 Å². The molecule has 4 aromatic carbocycles. The summed E-state index contributed by atoms with van der Waals surface area (Å²) in [6.07, 6.45) is 4.33. The number of carbonyl (C=O) groups is 2. The van der Waals surface area contributed by atoms with Crippen molar-refractivity contribution in [3.8, 4) is 5.75 Å².